The standard InChI is InChI=1S/C21H20N8O2/c1-3-9-29-20(16-7-8-23-17(11-16)30-2)26-27-21(29)24-13-18-25-19(28-31-18)15-6-4-5-14(10-15)12-22/h4-8,10-11H,3,9,13H2,1-2H3,(H,24,27). The molecule has 0 radical (unpaired) electrons. The van der Waals surface area contributed by atoms with E-state index in [9.17, 15) is 0 Å². The van der Waals surface area contributed by atoms with Crippen molar-refractivity contribution >= 4 is 5.95 Å². The molecule has 0 aliphatic rings. The minimum Gasteiger partial charge on any atom is -0.481 e. The number of hydrogen-bond donors (Lipinski definition) is 1. The SMILES string of the molecule is CCCn1c(NCc2nc(-c3cccc(C#N)c3)no2)nnc1-c1ccnc(OC)c1. The van der Waals surface area contributed by atoms with Crippen LogP contribution in [0, 0.1) is 11.3 Å². The van der Waals surface area contributed by atoms with Gasteiger partial charge in [0.25, 0.3) is 0 Å². The van der Waals surface area contributed by atoms with Crippen molar-refractivity contribution in [3.63, 3.8) is 0 Å². The van der Waals surface area contributed by atoms with Gasteiger partial charge in [0.15, 0.2) is 5.82 Å². The summed E-state index contributed by atoms with van der Waals surface area (Å²) in [5, 5.41) is 24.9. The number of anilines is 1. The first-order valence-electron chi connectivity index (χ1n) is 9.72. The second kappa shape index (κ2) is 9.04. The number of nitriles is 1. The molecule has 1 aromatic carbocycles. The van der Waals surface area contributed by atoms with E-state index >= 15 is 0 Å². The Kier molecular flexibility index (Phi) is 5.84. The summed E-state index contributed by atoms with van der Waals surface area (Å²) in [7, 11) is 1.57. The molecule has 31 heavy (non-hydrogen) atoms. The van der Waals surface area contributed by atoms with Crippen LogP contribution < -0.4 is 10.1 Å². The zero-order valence-electron chi connectivity index (χ0n) is 17.1. The Balaban J connectivity index is 1.53. The molecule has 1 N–H and O–H groups in total. The molecule has 0 aliphatic carbocycles. The lowest BCUT2D eigenvalue weighted by atomic mass is 10.1. The molecule has 10 nitrogen and oxygen atoms in total. The molecule has 0 saturated heterocycles. The predicted molar refractivity (Wildman–Crippen MR) is 112 cm³/mol. The highest BCUT2D eigenvalue weighted by Crippen LogP contribution is 2.24. The number of rotatable bonds is 8. The van der Waals surface area contributed by atoms with Crippen molar-refractivity contribution in [2.75, 3.05) is 12.4 Å². The van der Waals surface area contributed by atoms with Gasteiger partial charge in [0.1, 0.15) is 0 Å². The molecule has 0 amide bonds. The second-order valence-corrected chi connectivity index (χ2v) is 6.64. The van der Waals surface area contributed by atoms with Crippen LogP contribution >= 0.6 is 0 Å². The monoisotopic (exact) mass is 416 g/mol. The van der Waals surface area contributed by atoms with Crippen molar-refractivity contribution in [2.24, 2.45) is 0 Å². The number of nitrogens with one attached hydrogen (secondary N) is 1. The van der Waals surface area contributed by atoms with E-state index in [1.165, 1.54) is 0 Å². The average molecular weight is 416 g/mol. The summed E-state index contributed by atoms with van der Waals surface area (Å²) in [4.78, 5) is 8.54. The van der Waals surface area contributed by atoms with Crippen molar-refractivity contribution in [1.29, 1.82) is 5.26 Å². The third-order valence-corrected chi connectivity index (χ3v) is 4.52. The van der Waals surface area contributed by atoms with Crippen LogP contribution in [0.4, 0.5) is 5.95 Å². The van der Waals surface area contributed by atoms with Crippen LogP contribution in [-0.2, 0) is 13.1 Å². The van der Waals surface area contributed by atoms with E-state index in [1.807, 2.05) is 22.8 Å². The van der Waals surface area contributed by atoms with Crippen molar-refractivity contribution in [2.45, 2.75) is 26.4 Å². The Hall–Kier alpha value is -4.26. The van der Waals surface area contributed by atoms with Crippen LogP contribution in [0.15, 0.2) is 47.1 Å². The van der Waals surface area contributed by atoms with Crippen molar-refractivity contribution in [3.05, 3.63) is 54.0 Å². The highest BCUT2D eigenvalue weighted by molar-refractivity contribution is 5.59. The molecule has 3 heterocycles. The van der Waals surface area contributed by atoms with E-state index < -0.39 is 0 Å². The maximum absolute atomic E-state index is 9.06. The highest BCUT2D eigenvalue weighted by atomic mass is 16.5. The molecular weight excluding hydrogens is 396 g/mol. The molecular formula is C21H20N8O2. The molecule has 0 aliphatic heterocycles. The summed E-state index contributed by atoms with van der Waals surface area (Å²) in [5.41, 5.74) is 2.12. The van der Waals surface area contributed by atoms with Crippen molar-refractivity contribution in [1.82, 2.24) is 29.9 Å². The van der Waals surface area contributed by atoms with Crippen LogP contribution in [-0.4, -0.2) is 37.0 Å². The highest BCUT2D eigenvalue weighted by Gasteiger charge is 2.16. The first kappa shape index (κ1) is 20.0. The summed E-state index contributed by atoms with van der Waals surface area (Å²) in [5.74, 6) is 2.64. The summed E-state index contributed by atoms with van der Waals surface area (Å²) in [6, 6.07) is 12.8. The van der Waals surface area contributed by atoms with Crippen LogP contribution in [0.2, 0.25) is 0 Å². The fraction of sp³-hybridized carbons (Fsp3) is 0.238. The molecule has 4 aromatic rings. The summed E-state index contributed by atoms with van der Waals surface area (Å²) in [6.45, 7) is 3.10. The minimum atomic E-state index is 0.284. The summed E-state index contributed by atoms with van der Waals surface area (Å²) in [6.07, 6.45) is 2.58. The Bertz CT molecular complexity index is 1220. The Morgan fingerprint density at radius 1 is 1.19 bits per heavy atom. The van der Waals surface area contributed by atoms with Crippen LogP contribution in [0.5, 0.6) is 5.88 Å². The van der Waals surface area contributed by atoms with Gasteiger partial charge in [-0.25, -0.2) is 4.98 Å². The van der Waals surface area contributed by atoms with Gasteiger partial charge in [0.2, 0.25) is 23.5 Å². The van der Waals surface area contributed by atoms with Crippen LogP contribution in [0.1, 0.15) is 24.8 Å². The lowest BCUT2D eigenvalue weighted by Crippen LogP contribution is -2.09. The molecule has 0 spiro atoms. The van der Waals surface area contributed by atoms with E-state index in [4.69, 9.17) is 14.5 Å². The first-order valence-corrected chi connectivity index (χ1v) is 9.72. The molecule has 0 bridgehead atoms. The van der Waals surface area contributed by atoms with Crippen LogP contribution in [0.3, 0.4) is 0 Å². The molecule has 4 rings (SSSR count). The number of aromatic nitrogens is 6. The third-order valence-electron chi connectivity index (χ3n) is 4.52. The van der Waals surface area contributed by atoms with Gasteiger partial charge in [0.05, 0.1) is 25.3 Å². The molecule has 0 saturated carbocycles. The average Bonchev–Trinajstić information content (AvgIpc) is 3.45. The fourth-order valence-electron chi connectivity index (χ4n) is 3.07. The van der Waals surface area contributed by atoms with E-state index in [0.29, 0.717) is 34.9 Å². The van der Waals surface area contributed by atoms with Gasteiger partial charge in [-0.2, -0.15) is 10.2 Å². The summed E-state index contributed by atoms with van der Waals surface area (Å²) < 4.78 is 12.5. The Morgan fingerprint density at radius 3 is 2.90 bits per heavy atom. The van der Waals surface area contributed by atoms with Gasteiger partial charge in [0, 0.05) is 29.9 Å². The van der Waals surface area contributed by atoms with Crippen LogP contribution in [0.25, 0.3) is 22.8 Å². The molecule has 0 fully saturated rings. The number of methoxy groups -OCH3 is 1. The zero-order chi connectivity index (χ0) is 21.6. The summed E-state index contributed by atoms with van der Waals surface area (Å²) >= 11 is 0. The topological polar surface area (TPSA) is 128 Å². The lowest BCUT2D eigenvalue weighted by molar-refractivity contribution is 0.383. The van der Waals surface area contributed by atoms with Gasteiger partial charge in [-0.15, -0.1) is 10.2 Å². The van der Waals surface area contributed by atoms with Gasteiger partial charge in [-0.3, -0.25) is 4.57 Å². The number of pyridine rings is 1. The zero-order valence-corrected chi connectivity index (χ0v) is 17.1. The van der Waals surface area contributed by atoms with Gasteiger partial charge in [-0.1, -0.05) is 24.2 Å². The smallest absolute Gasteiger partial charge is 0.246 e. The molecule has 3 aromatic heterocycles. The molecule has 0 unspecified atom stereocenters. The maximum atomic E-state index is 9.06. The van der Waals surface area contributed by atoms with E-state index in [0.717, 1.165) is 24.1 Å². The van der Waals surface area contributed by atoms with Gasteiger partial charge < -0.3 is 14.6 Å². The molecule has 156 valence electrons. The third kappa shape index (κ3) is 4.35. The number of benzene rings is 1. The number of ether oxygens (including phenoxy) is 1. The number of nitrogens with zero attached hydrogens (tertiary/aromatic N) is 7. The Labute approximate surface area is 178 Å². The molecule has 0 atom stereocenters. The Morgan fingerprint density at radius 2 is 2.10 bits per heavy atom. The van der Waals surface area contributed by atoms with Gasteiger partial charge in [-0.05, 0) is 24.6 Å². The van der Waals surface area contributed by atoms with Crippen molar-refractivity contribution in [3.8, 4) is 34.7 Å². The van der Waals surface area contributed by atoms with Gasteiger partial charge >= 0.3 is 0 Å². The maximum Gasteiger partial charge on any atom is 0.246 e. The van der Waals surface area contributed by atoms with Crippen molar-refractivity contribution < 1.29 is 9.26 Å². The number of hydrogen-bond acceptors (Lipinski definition) is 9. The largest absolute Gasteiger partial charge is 0.481 e. The van der Waals surface area contributed by atoms with E-state index in [-0.39, 0.29) is 6.54 Å². The molecule has 10 heteroatoms. The quantitative estimate of drug-likeness (QED) is 0.460. The normalized spacial score (nSPS) is 10.6. The predicted octanol–water partition coefficient (Wildman–Crippen LogP) is 3.29. The minimum absolute atomic E-state index is 0.284. The first-order chi connectivity index (χ1) is 15.2. The van der Waals surface area contributed by atoms with E-state index in [1.54, 1.807) is 31.5 Å². The van der Waals surface area contributed by atoms with E-state index in [2.05, 4.69) is 43.6 Å². The fourth-order valence-corrected chi connectivity index (χ4v) is 3.07. The lowest BCUT2D eigenvalue weighted by Gasteiger charge is -2.10. The second-order valence-electron chi connectivity index (χ2n) is 6.64.